The quantitative estimate of drug-likeness (QED) is 0.415. The summed E-state index contributed by atoms with van der Waals surface area (Å²) in [5.41, 5.74) is 7.62. The molecule has 2 aromatic carbocycles. The zero-order valence-corrected chi connectivity index (χ0v) is 18.3. The first-order chi connectivity index (χ1) is 16.9. The predicted octanol–water partition coefficient (Wildman–Crippen LogP) is 4.48. The highest BCUT2D eigenvalue weighted by molar-refractivity contribution is 5.72. The standard InChI is InChI=1S/C26H19F3N4O2/c27-20-10-16(14-5-7-32-22(28)11-14)9-19-24(20)34-21-4-3-15(17-2-1-6-33-25(17)29)8-18(21)26(19)13-31-12-23(30)35-26/h1-11,23,31H,12-13,30H2/t23-,26?/m0/s1. The van der Waals surface area contributed by atoms with E-state index in [1.165, 1.54) is 24.5 Å². The van der Waals surface area contributed by atoms with Gasteiger partial charge in [0, 0.05) is 48.2 Å². The smallest absolute Gasteiger partial charge is 0.220 e. The SMILES string of the molecule is N[C@@H]1CNCC2(O1)c1cc(-c3cccnc3F)ccc1Oc1c(F)cc(-c3ccnc(F)c3)cc12. The van der Waals surface area contributed by atoms with Gasteiger partial charge in [0.15, 0.2) is 11.6 Å². The zero-order chi connectivity index (χ0) is 24.2. The number of nitrogens with one attached hydrogen (secondary N) is 1. The maximum atomic E-state index is 15.4. The van der Waals surface area contributed by atoms with Crippen molar-refractivity contribution < 1.29 is 22.6 Å². The summed E-state index contributed by atoms with van der Waals surface area (Å²) < 4.78 is 56.1. The molecule has 2 aromatic heterocycles. The van der Waals surface area contributed by atoms with E-state index in [1.807, 2.05) is 0 Å². The van der Waals surface area contributed by atoms with Gasteiger partial charge in [-0.15, -0.1) is 0 Å². The second kappa shape index (κ2) is 8.16. The number of hydrogen-bond acceptors (Lipinski definition) is 6. The van der Waals surface area contributed by atoms with Crippen LogP contribution in [0.2, 0.25) is 0 Å². The lowest BCUT2D eigenvalue weighted by Gasteiger charge is -2.45. The molecule has 1 unspecified atom stereocenters. The van der Waals surface area contributed by atoms with Gasteiger partial charge >= 0.3 is 0 Å². The van der Waals surface area contributed by atoms with Gasteiger partial charge in [0.1, 0.15) is 17.6 Å². The molecule has 0 radical (unpaired) electrons. The summed E-state index contributed by atoms with van der Waals surface area (Å²) >= 11 is 0. The van der Waals surface area contributed by atoms with Gasteiger partial charge in [0.2, 0.25) is 11.9 Å². The predicted molar refractivity (Wildman–Crippen MR) is 122 cm³/mol. The van der Waals surface area contributed by atoms with E-state index in [0.29, 0.717) is 45.7 Å². The van der Waals surface area contributed by atoms with Crippen molar-refractivity contribution in [2.75, 3.05) is 13.1 Å². The molecule has 1 spiro atoms. The van der Waals surface area contributed by atoms with Crippen LogP contribution < -0.4 is 15.8 Å². The summed E-state index contributed by atoms with van der Waals surface area (Å²) in [5, 5.41) is 3.25. The van der Waals surface area contributed by atoms with Crippen LogP contribution in [0.15, 0.2) is 67.0 Å². The van der Waals surface area contributed by atoms with E-state index in [4.69, 9.17) is 15.2 Å². The Morgan fingerprint density at radius 1 is 0.914 bits per heavy atom. The van der Waals surface area contributed by atoms with Crippen LogP contribution in [-0.4, -0.2) is 29.3 Å². The van der Waals surface area contributed by atoms with E-state index in [-0.39, 0.29) is 12.3 Å². The van der Waals surface area contributed by atoms with Crippen LogP contribution in [0.1, 0.15) is 11.1 Å². The molecule has 176 valence electrons. The molecule has 4 aromatic rings. The lowest BCUT2D eigenvalue weighted by atomic mass is 9.80. The fourth-order valence-electron chi connectivity index (χ4n) is 4.75. The van der Waals surface area contributed by atoms with Crippen molar-refractivity contribution in [1.29, 1.82) is 0 Å². The van der Waals surface area contributed by atoms with Crippen molar-refractivity contribution in [3.63, 3.8) is 0 Å². The van der Waals surface area contributed by atoms with Crippen LogP contribution >= 0.6 is 0 Å². The molecular weight excluding hydrogens is 457 g/mol. The molecule has 0 bridgehead atoms. The van der Waals surface area contributed by atoms with Crippen LogP contribution in [0.25, 0.3) is 22.3 Å². The van der Waals surface area contributed by atoms with E-state index < -0.39 is 29.5 Å². The summed E-state index contributed by atoms with van der Waals surface area (Å²) in [6.07, 6.45) is 1.98. The molecule has 35 heavy (non-hydrogen) atoms. The Hall–Kier alpha value is -3.79. The monoisotopic (exact) mass is 476 g/mol. The van der Waals surface area contributed by atoms with Crippen molar-refractivity contribution in [2.24, 2.45) is 5.73 Å². The largest absolute Gasteiger partial charge is 0.453 e. The molecule has 2 aliphatic rings. The number of morpholine rings is 1. The van der Waals surface area contributed by atoms with Crippen LogP contribution in [0.5, 0.6) is 11.5 Å². The number of aromatic nitrogens is 2. The molecule has 1 fully saturated rings. The van der Waals surface area contributed by atoms with E-state index in [0.717, 1.165) is 0 Å². The molecule has 0 amide bonds. The highest BCUT2D eigenvalue weighted by Gasteiger charge is 2.48. The molecular formula is C26H19F3N4O2. The fraction of sp³-hybridized carbons (Fsp3) is 0.154. The number of ether oxygens (including phenoxy) is 2. The highest BCUT2D eigenvalue weighted by atomic mass is 19.1. The van der Waals surface area contributed by atoms with Gasteiger partial charge in [-0.05, 0) is 59.2 Å². The van der Waals surface area contributed by atoms with E-state index in [2.05, 4.69) is 15.3 Å². The van der Waals surface area contributed by atoms with Crippen molar-refractivity contribution >= 4 is 0 Å². The summed E-state index contributed by atoms with van der Waals surface area (Å²) in [7, 11) is 0. The number of nitrogens with zero attached hydrogens (tertiary/aromatic N) is 2. The Morgan fingerprint density at radius 3 is 2.57 bits per heavy atom. The molecule has 3 N–H and O–H groups in total. The Balaban J connectivity index is 1.58. The van der Waals surface area contributed by atoms with Gasteiger partial charge in [0.05, 0.1) is 0 Å². The van der Waals surface area contributed by atoms with Gasteiger partial charge in [-0.1, -0.05) is 6.07 Å². The van der Waals surface area contributed by atoms with E-state index >= 15 is 4.39 Å². The van der Waals surface area contributed by atoms with Crippen molar-refractivity contribution in [2.45, 2.75) is 11.8 Å². The molecule has 9 heteroatoms. The summed E-state index contributed by atoms with van der Waals surface area (Å²) in [6, 6.07) is 14.1. The number of rotatable bonds is 2. The summed E-state index contributed by atoms with van der Waals surface area (Å²) in [6.45, 7) is 0.651. The fourth-order valence-corrected chi connectivity index (χ4v) is 4.75. The second-order valence-electron chi connectivity index (χ2n) is 8.47. The number of hydrogen-bond donors (Lipinski definition) is 2. The molecule has 6 nitrogen and oxygen atoms in total. The molecule has 0 aliphatic carbocycles. The Bertz CT molecular complexity index is 1460. The minimum absolute atomic E-state index is 0.00742. The zero-order valence-electron chi connectivity index (χ0n) is 18.3. The average Bonchev–Trinajstić information content (AvgIpc) is 2.85. The van der Waals surface area contributed by atoms with Gasteiger partial charge in [0.25, 0.3) is 0 Å². The third kappa shape index (κ3) is 3.56. The number of benzene rings is 2. The molecule has 6 rings (SSSR count). The van der Waals surface area contributed by atoms with Crippen LogP contribution in [-0.2, 0) is 10.3 Å². The minimum Gasteiger partial charge on any atom is -0.453 e. The molecule has 1 saturated heterocycles. The Morgan fingerprint density at radius 2 is 1.77 bits per heavy atom. The van der Waals surface area contributed by atoms with E-state index in [9.17, 15) is 8.78 Å². The first-order valence-corrected chi connectivity index (χ1v) is 11.0. The van der Waals surface area contributed by atoms with Gasteiger partial charge < -0.3 is 20.5 Å². The first kappa shape index (κ1) is 21.7. The maximum Gasteiger partial charge on any atom is 0.220 e. The normalized spacial score (nSPS) is 20.7. The highest BCUT2D eigenvalue weighted by Crippen LogP contribution is 2.52. The first-order valence-electron chi connectivity index (χ1n) is 11.0. The minimum atomic E-state index is -1.24. The van der Waals surface area contributed by atoms with E-state index in [1.54, 1.807) is 42.5 Å². The van der Waals surface area contributed by atoms with Crippen LogP contribution in [0.4, 0.5) is 13.2 Å². The lowest BCUT2D eigenvalue weighted by Crippen LogP contribution is -2.56. The van der Waals surface area contributed by atoms with Gasteiger partial charge in [-0.2, -0.15) is 8.78 Å². The second-order valence-corrected chi connectivity index (χ2v) is 8.47. The van der Waals surface area contributed by atoms with Crippen molar-refractivity contribution in [1.82, 2.24) is 15.3 Å². The third-order valence-electron chi connectivity index (χ3n) is 6.31. The van der Waals surface area contributed by atoms with Crippen molar-refractivity contribution in [3.05, 3.63) is 95.8 Å². The number of halogens is 3. The summed E-state index contributed by atoms with van der Waals surface area (Å²) in [4.78, 5) is 7.31. The van der Waals surface area contributed by atoms with Crippen LogP contribution in [0, 0.1) is 17.7 Å². The third-order valence-corrected chi connectivity index (χ3v) is 6.31. The maximum absolute atomic E-state index is 15.4. The summed E-state index contributed by atoms with van der Waals surface area (Å²) in [5.74, 6) is -1.58. The van der Waals surface area contributed by atoms with Crippen molar-refractivity contribution in [3.8, 4) is 33.8 Å². The van der Waals surface area contributed by atoms with Gasteiger partial charge in [-0.25, -0.2) is 14.4 Å². The molecule has 4 heterocycles. The lowest BCUT2D eigenvalue weighted by molar-refractivity contribution is -0.0972. The van der Waals surface area contributed by atoms with Gasteiger partial charge in [-0.3, -0.25) is 0 Å². The number of fused-ring (bicyclic) bond motifs is 4. The average molecular weight is 476 g/mol. The molecule has 0 saturated carbocycles. The number of pyridine rings is 2. The molecule has 2 aliphatic heterocycles. The Kier molecular flexibility index (Phi) is 5.06. The van der Waals surface area contributed by atoms with Crippen LogP contribution in [0.3, 0.4) is 0 Å². The molecule has 2 atom stereocenters. The Labute approximate surface area is 198 Å². The topological polar surface area (TPSA) is 82.3 Å². The number of nitrogens with two attached hydrogens (primary N) is 1.